The maximum atomic E-state index is 6.60. The van der Waals surface area contributed by atoms with Gasteiger partial charge < -0.3 is 13.7 Å². The molecule has 0 aliphatic rings. The van der Waals surface area contributed by atoms with Gasteiger partial charge in [-0.15, -0.1) is 0 Å². The molecule has 0 fully saturated rings. The van der Waals surface area contributed by atoms with Gasteiger partial charge >= 0.3 is 0 Å². The van der Waals surface area contributed by atoms with Crippen molar-refractivity contribution in [3.63, 3.8) is 0 Å². The number of furan rings is 2. The lowest BCUT2D eigenvalue weighted by Gasteiger charge is -2.26. The topological polar surface area (TPSA) is 29.5 Å². The van der Waals surface area contributed by atoms with Crippen LogP contribution in [0.1, 0.15) is 0 Å². The number of rotatable bonds is 5. The standard InChI is InChI=1S/C46H29NO2/c1-2-15-35-30(11-1)12-8-18-36(35)32-13-7-14-34(29-32)47(42-22-10-21-41-39-17-4-6-24-44(39)49-46(41)42)33-27-25-31(26-28-33)37-19-9-20-40-38-16-3-5-23-43(38)48-45(37)40/h1-29H. The minimum atomic E-state index is 0.857. The first-order chi connectivity index (χ1) is 24.3. The summed E-state index contributed by atoms with van der Waals surface area (Å²) in [5.74, 6) is 0. The van der Waals surface area contributed by atoms with Crippen molar-refractivity contribution in [3.05, 3.63) is 176 Å². The number of fused-ring (bicyclic) bond motifs is 7. The van der Waals surface area contributed by atoms with Crippen LogP contribution in [-0.4, -0.2) is 0 Å². The average molecular weight is 628 g/mol. The van der Waals surface area contributed by atoms with E-state index < -0.39 is 0 Å². The monoisotopic (exact) mass is 627 g/mol. The molecule has 0 bridgehead atoms. The van der Waals surface area contributed by atoms with E-state index in [2.05, 4.69) is 157 Å². The lowest BCUT2D eigenvalue weighted by Crippen LogP contribution is -2.10. The summed E-state index contributed by atoms with van der Waals surface area (Å²) in [5.41, 5.74) is 11.1. The van der Waals surface area contributed by atoms with E-state index in [4.69, 9.17) is 8.83 Å². The molecule has 3 nitrogen and oxygen atoms in total. The SMILES string of the molecule is c1cc(-c2cccc3ccccc23)cc(N(c2ccc(-c3cccc4c3oc3ccccc34)cc2)c2cccc3c2oc2ccccc23)c1. The van der Waals surface area contributed by atoms with E-state index in [-0.39, 0.29) is 0 Å². The smallest absolute Gasteiger partial charge is 0.159 e. The van der Waals surface area contributed by atoms with Crippen molar-refractivity contribution in [2.75, 3.05) is 4.90 Å². The normalized spacial score (nSPS) is 11.7. The van der Waals surface area contributed by atoms with Crippen LogP contribution < -0.4 is 4.90 Å². The highest BCUT2D eigenvalue weighted by Crippen LogP contribution is 2.44. The van der Waals surface area contributed by atoms with Crippen LogP contribution in [0.2, 0.25) is 0 Å². The number of hydrogen-bond donors (Lipinski definition) is 0. The third kappa shape index (κ3) is 4.44. The van der Waals surface area contributed by atoms with Crippen molar-refractivity contribution >= 4 is 71.7 Å². The Kier molecular flexibility index (Phi) is 6.18. The van der Waals surface area contributed by atoms with Gasteiger partial charge in [-0.1, -0.05) is 133 Å². The Morgan fingerprint density at radius 3 is 1.71 bits per heavy atom. The highest BCUT2D eigenvalue weighted by Gasteiger charge is 2.20. The Morgan fingerprint density at radius 2 is 0.918 bits per heavy atom. The zero-order valence-corrected chi connectivity index (χ0v) is 26.5. The molecule has 0 radical (unpaired) electrons. The maximum Gasteiger partial charge on any atom is 0.159 e. The summed E-state index contributed by atoms with van der Waals surface area (Å²) in [6.45, 7) is 0. The van der Waals surface area contributed by atoms with Crippen molar-refractivity contribution in [3.8, 4) is 22.3 Å². The molecule has 230 valence electrons. The number of para-hydroxylation sites is 4. The Labute approximate surface area is 282 Å². The van der Waals surface area contributed by atoms with Crippen LogP contribution in [0, 0.1) is 0 Å². The molecular formula is C46H29NO2. The van der Waals surface area contributed by atoms with E-state index in [1.54, 1.807) is 0 Å². The first-order valence-corrected chi connectivity index (χ1v) is 16.6. The van der Waals surface area contributed by atoms with Gasteiger partial charge in [0, 0.05) is 38.5 Å². The summed E-state index contributed by atoms with van der Waals surface area (Å²) < 4.78 is 13.0. The zero-order valence-electron chi connectivity index (χ0n) is 26.5. The second-order valence-corrected chi connectivity index (χ2v) is 12.5. The number of anilines is 3. The molecule has 10 aromatic rings. The first-order valence-electron chi connectivity index (χ1n) is 16.6. The second-order valence-electron chi connectivity index (χ2n) is 12.5. The van der Waals surface area contributed by atoms with E-state index >= 15 is 0 Å². The Bertz CT molecular complexity index is 2830. The van der Waals surface area contributed by atoms with Crippen molar-refractivity contribution in [1.82, 2.24) is 0 Å². The highest BCUT2D eigenvalue weighted by molar-refractivity contribution is 6.11. The molecule has 0 N–H and O–H groups in total. The molecule has 2 heterocycles. The maximum absolute atomic E-state index is 6.60. The van der Waals surface area contributed by atoms with Gasteiger partial charge in [-0.25, -0.2) is 0 Å². The molecule has 0 spiro atoms. The molecule has 0 aliphatic heterocycles. The number of hydrogen-bond acceptors (Lipinski definition) is 3. The van der Waals surface area contributed by atoms with Gasteiger partial charge in [-0.2, -0.15) is 0 Å². The Balaban J connectivity index is 1.16. The summed E-state index contributed by atoms with van der Waals surface area (Å²) in [6.07, 6.45) is 0. The fraction of sp³-hybridized carbons (Fsp3) is 0. The predicted molar refractivity (Wildman–Crippen MR) is 204 cm³/mol. The Morgan fingerprint density at radius 1 is 0.347 bits per heavy atom. The minimum absolute atomic E-state index is 0.857. The molecular weight excluding hydrogens is 599 g/mol. The van der Waals surface area contributed by atoms with E-state index in [9.17, 15) is 0 Å². The van der Waals surface area contributed by atoms with Crippen molar-refractivity contribution in [1.29, 1.82) is 0 Å². The third-order valence-electron chi connectivity index (χ3n) is 9.67. The van der Waals surface area contributed by atoms with Crippen LogP contribution in [-0.2, 0) is 0 Å². The minimum Gasteiger partial charge on any atom is -0.455 e. The van der Waals surface area contributed by atoms with E-state index in [0.717, 1.165) is 77.6 Å². The zero-order chi connectivity index (χ0) is 32.3. The Hall–Kier alpha value is -6.58. The quantitative estimate of drug-likeness (QED) is 0.190. The lowest BCUT2D eigenvalue weighted by atomic mass is 9.97. The number of nitrogens with zero attached hydrogens (tertiary/aromatic N) is 1. The molecule has 3 heteroatoms. The van der Waals surface area contributed by atoms with Gasteiger partial charge in [-0.3, -0.25) is 0 Å². The van der Waals surface area contributed by atoms with Crippen molar-refractivity contribution in [2.45, 2.75) is 0 Å². The lowest BCUT2D eigenvalue weighted by molar-refractivity contribution is 0.669. The molecule has 8 aromatic carbocycles. The third-order valence-corrected chi connectivity index (χ3v) is 9.67. The summed E-state index contributed by atoms with van der Waals surface area (Å²) in [7, 11) is 0. The van der Waals surface area contributed by atoms with E-state index in [1.807, 2.05) is 24.3 Å². The van der Waals surface area contributed by atoms with Crippen LogP contribution >= 0.6 is 0 Å². The summed E-state index contributed by atoms with van der Waals surface area (Å²) in [6, 6.07) is 62.0. The van der Waals surface area contributed by atoms with Crippen LogP contribution in [0.4, 0.5) is 17.1 Å². The molecule has 0 unspecified atom stereocenters. The van der Waals surface area contributed by atoms with Gasteiger partial charge in [0.25, 0.3) is 0 Å². The van der Waals surface area contributed by atoms with Gasteiger partial charge in [0.05, 0.1) is 5.69 Å². The second kappa shape index (κ2) is 11.0. The molecule has 10 rings (SSSR count). The van der Waals surface area contributed by atoms with Crippen molar-refractivity contribution in [2.24, 2.45) is 0 Å². The first kappa shape index (κ1) is 27.5. The molecule has 0 atom stereocenters. The molecule has 0 saturated heterocycles. The molecule has 0 saturated carbocycles. The molecule has 2 aromatic heterocycles. The summed E-state index contributed by atoms with van der Waals surface area (Å²) in [4.78, 5) is 2.31. The van der Waals surface area contributed by atoms with Crippen LogP contribution in [0.25, 0.3) is 76.9 Å². The molecule has 49 heavy (non-hydrogen) atoms. The van der Waals surface area contributed by atoms with Gasteiger partial charge in [0.15, 0.2) is 5.58 Å². The fourth-order valence-electron chi connectivity index (χ4n) is 7.39. The van der Waals surface area contributed by atoms with Gasteiger partial charge in [-0.05, 0) is 69.9 Å². The fourth-order valence-corrected chi connectivity index (χ4v) is 7.39. The largest absolute Gasteiger partial charge is 0.455 e. The van der Waals surface area contributed by atoms with Crippen molar-refractivity contribution < 1.29 is 8.83 Å². The molecule has 0 aliphatic carbocycles. The molecule has 0 amide bonds. The van der Waals surface area contributed by atoms with E-state index in [0.29, 0.717) is 0 Å². The highest BCUT2D eigenvalue weighted by atomic mass is 16.3. The predicted octanol–water partition coefficient (Wildman–Crippen LogP) is 13.4. The average Bonchev–Trinajstić information content (AvgIpc) is 3.74. The van der Waals surface area contributed by atoms with Crippen LogP contribution in [0.15, 0.2) is 185 Å². The van der Waals surface area contributed by atoms with Crippen LogP contribution in [0.5, 0.6) is 0 Å². The van der Waals surface area contributed by atoms with Gasteiger partial charge in [0.1, 0.15) is 16.7 Å². The van der Waals surface area contributed by atoms with Crippen LogP contribution in [0.3, 0.4) is 0 Å². The summed E-state index contributed by atoms with van der Waals surface area (Å²) in [5, 5.41) is 6.92. The summed E-state index contributed by atoms with van der Waals surface area (Å²) >= 11 is 0. The van der Waals surface area contributed by atoms with E-state index in [1.165, 1.54) is 16.3 Å². The number of benzene rings is 8. The van der Waals surface area contributed by atoms with Gasteiger partial charge in [0.2, 0.25) is 0 Å².